The Bertz CT molecular complexity index is 405. The van der Waals surface area contributed by atoms with Crippen LogP contribution in [0, 0.1) is 5.82 Å². The van der Waals surface area contributed by atoms with Gasteiger partial charge in [0.1, 0.15) is 11.6 Å². The Kier molecular flexibility index (Phi) is 4.89. The van der Waals surface area contributed by atoms with Gasteiger partial charge in [0.25, 0.3) is 0 Å². The van der Waals surface area contributed by atoms with Crippen LogP contribution in [0.5, 0.6) is 5.75 Å². The van der Waals surface area contributed by atoms with Gasteiger partial charge in [0, 0.05) is 6.04 Å². The Morgan fingerprint density at radius 2 is 2.28 bits per heavy atom. The molecule has 1 fully saturated rings. The number of benzene rings is 1. The average Bonchev–Trinajstić information content (AvgIpc) is 2.39. The lowest BCUT2D eigenvalue weighted by molar-refractivity contribution is 0.375. The molecule has 0 aliphatic carbocycles. The summed E-state index contributed by atoms with van der Waals surface area (Å²) in [6.45, 7) is 1.07. The van der Waals surface area contributed by atoms with Crippen molar-refractivity contribution < 1.29 is 9.13 Å². The van der Waals surface area contributed by atoms with Gasteiger partial charge in [0.2, 0.25) is 0 Å². The molecule has 18 heavy (non-hydrogen) atoms. The predicted octanol–water partition coefficient (Wildman–Crippen LogP) is 3.24. The van der Waals surface area contributed by atoms with E-state index in [2.05, 4.69) is 5.32 Å². The first kappa shape index (κ1) is 13.7. The molecule has 0 spiro atoms. The average molecular weight is 269 g/mol. The second kappa shape index (κ2) is 6.43. The van der Waals surface area contributed by atoms with Gasteiger partial charge in [-0.15, -0.1) is 11.8 Å². The molecule has 0 bridgehead atoms. The zero-order valence-electron chi connectivity index (χ0n) is 11.0. The molecular weight excluding hydrogens is 249 g/mol. The fourth-order valence-corrected chi connectivity index (χ4v) is 3.15. The number of methoxy groups -OCH3 is 1. The maximum absolute atomic E-state index is 13.6. The second-order valence-corrected chi connectivity index (χ2v) is 5.50. The molecule has 100 valence electrons. The van der Waals surface area contributed by atoms with Gasteiger partial charge in [-0.2, -0.15) is 0 Å². The highest BCUT2D eigenvalue weighted by Gasteiger charge is 2.18. The van der Waals surface area contributed by atoms with Crippen molar-refractivity contribution in [2.45, 2.75) is 36.6 Å². The topological polar surface area (TPSA) is 21.3 Å². The van der Waals surface area contributed by atoms with Crippen LogP contribution in [0.25, 0.3) is 0 Å². The van der Waals surface area contributed by atoms with Crippen molar-refractivity contribution in [2.24, 2.45) is 0 Å². The normalized spacial score (nSPS) is 19.8. The summed E-state index contributed by atoms with van der Waals surface area (Å²) >= 11 is 1.52. The van der Waals surface area contributed by atoms with Crippen LogP contribution in [-0.4, -0.2) is 26.0 Å². The van der Waals surface area contributed by atoms with Crippen LogP contribution in [0.2, 0.25) is 0 Å². The summed E-state index contributed by atoms with van der Waals surface area (Å²) in [5.41, 5.74) is 0.973. The van der Waals surface area contributed by atoms with Gasteiger partial charge >= 0.3 is 0 Å². The van der Waals surface area contributed by atoms with E-state index in [9.17, 15) is 4.39 Å². The summed E-state index contributed by atoms with van der Waals surface area (Å²) < 4.78 is 19.0. The van der Waals surface area contributed by atoms with Gasteiger partial charge in [-0.25, -0.2) is 4.39 Å². The Hall–Kier alpha value is -0.740. The molecule has 1 N–H and O–H groups in total. The number of piperidine rings is 1. The third-order valence-corrected chi connectivity index (χ3v) is 4.14. The predicted molar refractivity (Wildman–Crippen MR) is 74.1 cm³/mol. The lowest BCUT2D eigenvalue weighted by Gasteiger charge is -2.24. The summed E-state index contributed by atoms with van der Waals surface area (Å²) in [7, 11) is 1.66. The number of thioether (sulfide) groups is 1. The molecule has 0 saturated carbocycles. The Labute approximate surface area is 112 Å². The molecule has 2 rings (SSSR count). The van der Waals surface area contributed by atoms with Crippen molar-refractivity contribution in [3.8, 4) is 5.75 Å². The SMILES string of the molecule is COc1c(CC2CCCCN2)cc(F)cc1SC. The smallest absolute Gasteiger partial charge is 0.135 e. The Morgan fingerprint density at radius 3 is 2.89 bits per heavy atom. The minimum absolute atomic E-state index is 0.175. The number of nitrogens with one attached hydrogen (secondary N) is 1. The second-order valence-electron chi connectivity index (χ2n) is 4.65. The Morgan fingerprint density at radius 1 is 1.44 bits per heavy atom. The summed E-state index contributed by atoms with van der Waals surface area (Å²) in [5, 5.41) is 3.49. The van der Waals surface area contributed by atoms with E-state index >= 15 is 0 Å². The van der Waals surface area contributed by atoms with E-state index in [0.717, 1.165) is 35.6 Å². The maximum atomic E-state index is 13.6. The molecule has 1 aromatic carbocycles. The largest absolute Gasteiger partial charge is 0.495 e. The molecule has 1 aromatic rings. The van der Waals surface area contributed by atoms with E-state index in [-0.39, 0.29) is 5.82 Å². The molecule has 2 nitrogen and oxygen atoms in total. The molecule has 1 heterocycles. The fraction of sp³-hybridized carbons (Fsp3) is 0.571. The van der Waals surface area contributed by atoms with Gasteiger partial charge < -0.3 is 10.1 Å². The van der Waals surface area contributed by atoms with Crippen LogP contribution >= 0.6 is 11.8 Å². The number of rotatable bonds is 4. The van der Waals surface area contributed by atoms with Crippen LogP contribution in [-0.2, 0) is 6.42 Å². The molecule has 0 radical (unpaired) electrons. The number of hydrogen-bond acceptors (Lipinski definition) is 3. The quantitative estimate of drug-likeness (QED) is 0.848. The molecular formula is C14H20FNOS. The van der Waals surface area contributed by atoms with Crippen molar-refractivity contribution in [1.82, 2.24) is 5.32 Å². The summed E-state index contributed by atoms with van der Waals surface area (Å²) in [6, 6.07) is 3.60. The highest BCUT2D eigenvalue weighted by atomic mass is 32.2. The molecule has 1 aliphatic rings. The molecule has 1 atom stereocenters. The first-order chi connectivity index (χ1) is 8.74. The van der Waals surface area contributed by atoms with Crippen LogP contribution in [0.1, 0.15) is 24.8 Å². The first-order valence-corrected chi connectivity index (χ1v) is 7.61. The number of ether oxygens (including phenoxy) is 1. The van der Waals surface area contributed by atoms with E-state index in [4.69, 9.17) is 4.74 Å². The van der Waals surface area contributed by atoms with E-state index in [1.54, 1.807) is 19.2 Å². The van der Waals surface area contributed by atoms with Gasteiger partial charge in [0.15, 0.2) is 0 Å². The zero-order chi connectivity index (χ0) is 13.0. The van der Waals surface area contributed by atoms with Crippen molar-refractivity contribution >= 4 is 11.8 Å². The fourth-order valence-electron chi connectivity index (χ4n) is 2.52. The maximum Gasteiger partial charge on any atom is 0.135 e. The van der Waals surface area contributed by atoms with Crippen LogP contribution in [0.3, 0.4) is 0 Å². The van der Waals surface area contributed by atoms with Crippen molar-refractivity contribution in [2.75, 3.05) is 19.9 Å². The van der Waals surface area contributed by atoms with Gasteiger partial charge in [-0.1, -0.05) is 6.42 Å². The Balaban J connectivity index is 2.21. The summed E-state index contributed by atoms with van der Waals surface area (Å²) in [6.07, 6.45) is 6.44. The molecule has 1 saturated heterocycles. The highest BCUT2D eigenvalue weighted by Crippen LogP contribution is 2.33. The standard InChI is InChI=1S/C14H20FNOS/c1-17-14-10(7-11(15)9-13(14)18-2)8-12-5-3-4-6-16-12/h7,9,12,16H,3-6,8H2,1-2H3. The third-order valence-electron chi connectivity index (χ3n) is 3.40. The van der Waals surface area contributed by atoms with Crippen molar-refractivity contribution in [3.05, 3.63) is 23.5 Å². The summed E-state index contributed by atoms with van der Waals surface area (Å²) in [4.78, 5) is 0.878. The minimum Gasteiger partial charge on any atom is -0.495 e. The van der Waals surface area contributed by atoms with Gasteiger partial charge in [0.05, 0.1) is 12.0 Å². The van der Waals surface area contributed by atoms with E-state index < -0.39 is 0 Å². The van der Waals surface area contributed by atoms with Crippen LogP contribution < -0.4 is 10.1 Å². The molecule has 0 aromatic heterocycles. The van der Waals surface area contributed by atoms with Crippen molar-refractivity contribution in [1.29, 1.82) is 0 Å². The summed E-state index contributed by atoms with van der Waals surface area (Å²) in [5.74, 6) is 0.655. The van der Waals surface area contributed by atoms with Crippen LogP contribution in [0.15, 0.2) is 17.0 Å². The molecule has 4 heteroatoms. The van der Waals surface area contributed by atoms with E-state index in [1.807, 2.05) is 6.26 Å². The third kappa shape index (κ3) is 3.18. The lowest BCUT2D eigenvalue weighted by atomic mass is 9.97. The number of hydrogen-bond donors (Lipinski definition) is 1. The van der Waals surface area contributed by atoms with E-state index in [1.165, 1.54) is 24.6 Å². The van der Waals surface area contributed by atoms with E-state index in [0.29, 0.717) is 6.04 Å². The van der Waals surface area contributed by atoms with Gasteiger partial charge in [-0.05, 0) is 49.8 Å². The molecule has 0 amide bonds. The number of halogens is 1. The molecule has 1 aliphatic heterocycles. The zero-order valence-corrected chi connectivity index (χ0v) is 11.8. The van der Waals surface area contributed by atoms with Crippen molar-refractivity contribution in [3.63, 3.8) is 0 Å². The monoisotopic (exact) mass is 269 g/mol. The van der Waals surface area contributed by atoms with Gasteiger partial charge in [-0.3, -0.25) is 0 Å². The molecule has 1 unspecified atom stereocenters. The van der Waals surface area contributed by atoms with Crippen LogP contribution in [0.4, 0.5) is 4.39 Å². The highest BCUT2D eigenvalue weighted by molar-refractivity contribution is 7.98. The minimum atomic E-state index is -0.175. The lowest BCUT2D eigenvalue weighted by Crippen LogP contribution is -2.35. The first-order valence-electron chi connectivity index (χ1n) is 6.38.